The lowest BCUT2D eigenvalue weighted by atomic mass is 10.1. The standard InChI is InChI=1S/C21H21F2N3O2S/c1-13(2)24-20(28)26-9-10-29-21(26)17-11-16(23)7-8-18(17)25(19(21)27)12-14-3-5-15(22)6-4-14/h3-8,11,13H,9-10,12H2,1-2H3,(H,24,28). The summed E-state index contributed by atoms with van der Waals surface area (Å²) < 4.78 is 27.4. The molecule has 8 heteroatoms. The Morgan fingerprint density at radius 3 is 2.55 bits per heavy atom. The number of halogens is 2. The normalized spacial score (nSPS) is 20.7. The molecule has 2 aromatic carbocycles. The summed E-state index contributed by atoms with van der Waals surface area (Å²) in [5.41, 5.74) is 1.79. The molecule has 1 saturated heterocycles. The van der Waals surface area contributed by atoms with Gasteiger partial charge >= 0.3 is 6.03 Å². The number of hydrogen-bond donors (Lipinski definition) is 1. The predicted molar refractivity (Wildman–Crippen MR) is 108 cm³/mol. The third kappa shape index (κ3) is 3.25. The first-order valence-electron chi connectivity index (χ1n) is 9.41. The molecule has 0 bridgehead atoms. The molecule has 0 aliphatic carbocycles. The maximum atomic E-state index is 14.2. The monoisotopic (exact) mass is 417 g/mol. The van der Waals surface area contributed by atoms with Crippen molar-refractivity contribution in [2.75, 3.05) is 17.2 Å². The van der Waals surface area contributed by atoms with E-state index in [2.05, 4.69) is 5.32 Å². The van der Waals surface area contributed by atoms with Crippen LogP contribution in [0.5, 0.6) is 0 Å². The van der Waals surface area contributed by atoms with Crippen molar-refractivity contribution in [3.63, 3.8) is 0 Å². The van der Waals surface area contributed by atoms with Crippen LogP contribution in [0.3, 0.4) is 0 Å². The molecule has 3 amide bonds. The first kappa shape index (κ1) is 19.7. The number of amides is 3. The van der Waals surface area contributed by atoms with Gasteiger partial charge in [0.15, 0.2) is 4.87 Å². The second-order valence-electron chi connectivity index (χ2n) is 7.43. The smallest absolute Gasteiger partial charge is 0.319 e. The van der Waals surface area contributed by atoms with E-state index in [4.69, 9.17) is 0 Å². The van der Waals surface area contributed by atoms with Gasteiger partial charge in [-0.1, -0.05) is 12.1 Å². The van der Waals surface area contributed by atoms with E-state index in [9.17, 15) is 18.4 Å². The molecule has 2 aromatic rings. The van der Waals surface area contributed by atoms with Crippen LogP contribution in [-0.2, 0) is 16.2 Å². The van der Waals surface area contributed by atoms with Crippen LogP contribution in [0.25, 0.3) is 0 Å². The summed E-state index contributed by atoms with van der Waals surface area (Å²) in [5, 5.41) is 2.84. The molecule has 1 spiro atoms. The SMILES string of the molecule is CC(C)NC(=O)N1CCSC12C(=O)N(Cc1ccc(F)cc1)c1ccc(F)cc12. The van der Waals surface area contributed by atoms with E-state index in [1.165, 1.54) is 40.9 Å². The Balaban J connectivity index is 1.77. The van der Waals surface area contributed by atoms with Crippen LogP contribution in [-0.4, -0.2) is 35.2 Å². The molecule has 1 atom stereocenters. The van der Waals surface area contributed by atoms with Crippen molar-refractivity contribution in [3.05, 3.63) is 65.2 Å². The predicted octanol–water partition coefficient (Wildman–Crippen LogP) is 3.83. The number of nitrogens with zero attached hydrogens (tertiary/aromatic N) is 2. The Morgan fingerprint density at radius 2 is 1.86 bits per heavy atom. The van der Waals surface area contributed by atoms with E-state index in [-0.39, 0.29) is 30.3 Å². The van der Waals surface area contributed by atoms with Crippen molar-refractivity contribution in [1.82, 2.24) is 10.2 Å². The fourth-order valence-corrected chi connectivity index (χ4v) is 5.29. The minimum absolute atomic E-state index is 0.0936. The second kappa shape index (κ2) is 7.33. The lowest BCUT2D eigenvalue weighted by Gasteiger charge is -2.33. The summed E-state index contributed by atoms with van der Waals surface area (Å²) in [6.07, 6.45) is 0. The van der Waals surface area contributed by atoms with E-state index in [0.29, 0.717) is 23.5 Å². The number of carbonyl (C=O) groups is 2. The number of thioether (sulfide) groups is 1. The number of benzene rings is 2. The zero-order valence-corrected chi connectivity index (χ0v) is 16.9. The van der Waals surface area contributed by atoms with Gasteiger partial charge in [-0.25, -0.2) is 13.6 Å². The summed E-state index contributed by atoms with van der Waals surface area (Å²) in [6, 6.07) is 9.67. The highest BCUT2D eigenvalue weighted by Gasteiger charge is 2.59. The van der Waals surface area contributed by atoms with Crippen LogP contribution in [0.15, 0.2) is 42.5 Å². The van der Waals surface area contributed by atoms with Gasteiger partial charge in [0.05, 0.1) is 12.2 Å². The number of rotatable bonds is 3. The summed E-state index contributed by atoms with van der Waals surface area (Å²) in [5.74, 6) is -0.541. The number of fused-ring (bicyclic) bond motifs is 2. The van der Waals surface area contributed by atoms with Gasteiger partial charge in [0.1, 0.15) is 11.6 Å². The van der Waals surface area contributed by atoms with E-state index < -0.39 is 10.7 Å². The molecule has 4 rings (SSSR count). The number of urea groups is 1. The minimum atomic E-state index is -1.30. The largest absolute Gasteiger partial charge is 0.336 e. The van der Waals surface area contributed by atoms with Gasteiger partial charge in [-0.15, -0.1) is 11.8 Å². The lowest BCUT2D eigenvalue weighted by molar-refractivity contribution is -0.123. The summed E-state index contributed by atoms with van der Waals surface area (Å²) in [7, 11) is 0. The zero-order chi connectivity index (χ0) is 20.8. The van der Waals surface area contributed by atoms with E-state index in [1.54, 1.807) is 23.1 Å². The molecule has 1 unspecified atom stereocenters. The molecule has 0 saturated carbocycles. The Labute approximate surface area is 172 Å². The third-order valence-electron chi connectivity index (χ3n) is 5.07. The second-order valence-corrected chi connectivity index (χ2v) is 8.72. The number of hydrogen-bond acceptors (Lipinski definition) is 3. The van der Waals surface area contributed by atoms with Gasteiger partial charge in [0, 0.05) is 23.9 Å². The Kier molecular flexibility index (Phi) is 4.98. The van der Waals surface area contributed by atoms with Gasteiger partial charge in [0.25, 0.3) is 5.91 Å². The molecular formula is C21H21F2N3O2S. The quantitative estimate of drug-likeness (QED) is 0.826. The molecule has 2 heterocycles. The first-order valence-corrected chi connectivity index (χ1v) is 10.4. The van der Waals surface area contributed by atoms with Crippen LogP contribution in [0, 0.1) is 11.6 Å². The van der Waals surface area contributed by atoms with Gasteiger partial charge in [-0.05, 0) is 49.7 Å². The molecule has 1 N–H and O–H groups in total. The van der Waals surface area contributed by atoms with Crippen LogP contribution in [0.1, 0.15) is 25.0 Å². The van der Waals surface area contributed by atoms with Crippen LogP contribution < -0.4 is 10.2 Å². The minimum Gasteiger partial charge on any atom is -0.336 e. The highest BCUT2D eigenvalue weighted by atomic mass is 32.2. The van der Waals surface area contributed by atoms with Gasteiger partial charge < -0.3 is 10.2 Å². The fourth-order valence-electron chi connectivity index (χ4n) is 3.84. The molecular weight excluding hydrogens is 396 g/mol. The number of anilines is 1. The molecule has 5 nitrogen and oxygen atoms in total. The summed E-state index contributed by atoms with van der Waals surface area (Å²) in [6.45, 7) is 4.28. The van der Waals surface area contributed by atoms with Crippen molar-refractivity contribution in [3.8, 4) is 0 Å². The summed E-state index contributed by atoms with van der Waals surface area (Å²) >= 11 is 1.34. The summed E-state index contributed by atoms with van der Waals surface area (Å²) in [4.78, 5) is 28.3. The van der Waals surface area contributed by atoms with Gasteiger partial charge in [-0.3, -0.25) is 9.69 Å². The van der Waals surface area contributed by atoms with E-state index in [1.807, 2.05) is 13.8 Å². The Morgan fingerprint density at radius 1 is 1.17 bits per heavy atom. The molecule has 0 radical (unpaired) electrons. The Hall–Kier alpha value is -2.61. The van der Waals surface area contributed by atoms with Crippen LogP contribution in [0.4, 0.5) is 19.3 Å². The number of nitrogens with one attached hydrogen (secondary N) is 1. The van der Waals surface area contributed by atoms with Gasteiger partial charge in [0.2, 0.25) is 0 Å². The van der Waals surface area contributed by atoms with Crippen molar-refractivity contribution in [2.45, 2.75) is 31.3 Å². The highest BCUT2D eigenvalue weighted by molar-refractivity contribution is 8.01. The van der Waals surface area contributed by atoms with Crippen molar-refractivity contribution >= 4 is 29.4 Å². The average Bonchev–Trinajstić information content (AvgIpc) is 3.20. The van der Waals surface area contributed by atoms with Crippen LogP contribution >= 0.6 is 11.8 Å². The highest BCUT2D eigenvalue weighted by Crippen LogP contribution is 2.54. The van der Waals surface area contributed by atoms with Crippen molar-refractivity contribution in [1.29, 1.82) is 0 Å². The topological polar surface area (TPSA) is 52.7 Å². The first-order chi connectivity index (χ1) is 13.8. The molecule has 1 fully saturated rings. The van der Waals surface area contributed by atoms with Gasteiger partial charge in [-0.2, -0.15) is 0 Å². The maximum absolute atomic E-state index is 14.2. The zero-order valence-electron chi connectivity index (χ0n) is 16.1. The third-order valence-corrected chi connectivity index (χ3v) is 6.49. The molecule has 2 aliphatic rings. The average molecular weight is 417 g/mol. The van der Waals surface area contributed by atoms with Crippen LogP contribution in [0.2, 0.25) is 0 Å². The molecule has 0 aromatic heterocycles. The molecule has 2 aliphatic heterocycles. The lowest BCUT2D eigenvalue weighted by Crippen LogP contribution is -2.54. The Bertz CT molecular complexity index is 967. The van der Waals surface area contributed by atoms with Crippen molar-refractivity contribution < 1.29 is 18.4 Å². The van der Waals surface area contributed by atoms with Crippen molar-refractivity contribution in [2.24, 2.45) is 0 Å². The van der Waals surface area contributed by atoms with E-state index in [0.717, 1.165) is 5.56 Å². The number of carbonyl (C=O) groups excluding carboxylic acids is 2. The molecule has 29 heavy (non-hydrogen) atoms. The maximum Gasteiger partial charge on any atom is 0.319 e. The van der Waals surface area contributed by atoms with E-state index >= 15 is 0 Å². The molecule has 152 valence electrons. The fraction of sp³-hybridized carbons (Fsp3) is 0.333.